The van der Waals surface area contributed by atoms with Gasteiger partial charge < -0.3 is 0 Å². The monoisotopic (exact) mass is 211 g/mol. The van der Waals surface area contributed by atoms with Gasteiger partial charge in [-0.3, -0.25) is 0 Å². The summed E-state index contributed by atoms with van der Waals surface area (Å²) in [6.07, 6.45) is 13.7. The SMILES string of the molecule is [CH2]C(C)(CCCCCC)CCCCCC. The molecule has 15 heavy (non-hydrogen) atoms. The summed E-state index contributed by atoms with van der Waals surface area (Å²) in [5.41, 5.74) is 0.349. The van der Waals surface area contributed by atoms with Gasteiger partial charge in [-0.25, -0.2) is 0 Å². The highest BCUT2D eigenvalue weighted by atomic mass is 14.2. The summed E-state index contributed by atoms with van der Waals surface area (Å²) in [6, 6.07) is 0. The van der Waals surface area contributed by atoms with Gasteiger partial charge in [0.1, 0.15) is 0 Å². The average molecular weight is 211 g/mol. The van der Waals surface area contributed by atoms with E-state index in [0.29, 0.717) is 5.41 Å². The van der Waals surface area contributed by atoms with E-state index < -0.39 is 0 Å². The Bertz CT molecular complexity index is 110. The van der Waals surface area contributed by atoms with Gasteiger partial charge in [0.15, 0.2) is 0 Å². The zero-order valence-electron chi connectivity index (χ0n) is 11.3. The minimum absolute atomic E-state index is 0.349. The third-order valence-electron chi connectivity index (χ3n) is 3.27. The van der Waals surface area contributed by atoms with Gasteiger partial charge in [-0.15, -0.1) is 0 Å². The maximum Gasteiger partial charge on any atom is -0.0326 e. The van der Waals surface area contributed by atoms with Gasteiger partial charge in [-0.05, 0) is 25.2 Å². The second-order valence-corrected chi connectivity index (χ2v) is 5.43. The number of rotatable bonds is 10. The normalized spacial score (nSPS) is 12.0. The van der Waals surface area contributed by atoms with Crippen molar-refractivity contribution in [2.24, 2.45) is 5.41 Å². The van der Waals surface area contributed by atoms with Crippen molar-refractivity contribution in [2.75, 3.05) is 0 Å². The second kappa shape index (κ2) is 9.24. The standard InChI is InChI=1S/C15H31/c1-5-7-9-11-13-15(3,4)14-12-10-8-6-2/h3,5-14H2,1-2,4H3. The molecule has 0 N–H and O–H groups in total. The molecule has 0 fully saturated rings. The zero-order valence-corrected chi connectivity index (χ0v) is 11.3. The van der Waals surface area contributed by atoms with Gasteiger partial charge in [-0.2, -0.15) is 0 Å². The van der Waals surface area contributed by atoms with Crippen molar-refractivity contribution in [3.63, 3.8) is 0 Å². The van der Waals surface area contributed by atoms with Gasteiger partial charge in [0.05, 0.1) is 0 Å². The summed E-state index contributed by atoms with van der Waals surface area (Å²) < 4.78 is 0. The summed E-state index contributed by atoms with van der Waals surface area (Å²) in [5.74, 6) is 0. The first-order valence-corrected chi connectivity index (χ1v) is 6.97. The van der Waals surface area contributed by atoms with Crippen LogP contribution in [0.25, 0.3) is 0 Å². The van der Waals surface area contributed by atoms with Crippen LogP contribution in [0.15, 0.2) is 0 Å². The Balaban J connectivity index is 3.40. The molecular weight excluding hydrogens is 180 g/mol. The van der Waals surface area contributed by atoms with Crippen LogP contribution in [0, 0.1) is 12.3 Å². The Labute approximate surface area is 97.8 Å². The quantitative estimate of drug-likeness (QED) is 0.402. The smallest absolute Gasteiger partial charge is 0.0326 e. The van der Waals surface area contributed by atoms with Crippen LogP contribution >= 0.6 is 0 Å². The van der Waals surface area contributed by atoms with Crippen LogP contribution in [0.3, 0.4) is 0 Å². The summed E-state index contributed by atoms with van der Waals surface area (Å²) in [7, 11) is 0. The van der Waals surface area contributed by atoms with Crippen LogP contribution in [-0.4, -0.2) is 0 Å². The van der Waals surface area contributed by atoms with Gasteiger partial charge in [0.2, 0.25) is 0 Å². The Morgan fingerprint density at radius 3 is 1.47 bits per heavy atom. The van der Waals surface area contributed by atoms with Crippen LogP contribution in [0.5, 0.6) is 0 Å². The molecule has 0 aliphatic rings. The molecular formula is C15H31. The molecule has 0 heteroatoms. The number of unbranched alkanes of at least 4 members (excludes halogenated alkanes) is 6. The third-order valence-corrected chi connectivity index (χ3v) is 3.27. The highest BCUT2D eigenvalue weighted by Gasteiger charge is 2.16. The Morgan fingerprint density at radius 2 is 1.13 bits per heavy atom. The van der Waals surface area contributed by atoms with Crippen LogP contribution < -0.4 is 0 Å². The predicted molar refractivity (Wildman–Crippen MR) is 71.0 cm³/mol. The van der Waals surface area contributed by atoms with Crippen LogP contribution in [0.4, 0.5) is 0 Å². The molecule has 0 aliphatic carbocycles. The highest BCUT2D eigenvalue weighted by molar-refractivity contribution is 4.76. The zero-order chi connectivity index (χ0) is 11.6. The fraction of sp³-hybridized carbons (Fsp3) is 0.933. The minimum Gasteiger partial charge on any atom is -0.0654 e. The van der Waals surface area contributed by atoms with Crippen molar-refractivity contribution in [1.29, 1.82) is 0 Å². The molecule has 0 spiro atoms. The molecule has 91 valence electrons. The second-order valence-electron chi connectivity index (χ2n) is 5.43. The predicted octanol–water partition coefficient (Wildman–Crippen LogP) is 5.77. The van der Waals surface area contributed by atoms with Crippen molar-refractivity contribution >= 4 is 0 Å². The fourth-order valence-corrected chi connectivity index (χ4v) is 2.08. The molecule has 0 nitrogen and oxygen atoms in total. The molecule has 0 amide bonds. The topological polar surface area (TPSA) is 0 Å². The third kappa shape index (κ3) is 10.3. The Morgan fingerprint density at radius 1 is 0.733 bits per heavy atom. The lowest BCUT2D eigenvalue weighted by Crippen LogP contribution is -2.11. The Hall–Kier alpha value is 0. The van der Waals surface area contributed by atoms with Gasteiger partial charge in [-0.1, -0.05) is 72.1 Å². The van der Waals surface area contributed by atoms with Crippen molar-refractivity contribution in [3.8, 4) is 0 Å². The highest BCUT2D eigenvalue weighted by Crippen LogP contribution is 2.29. The first-order valence-electron chi connectivity index (χ1n) is 6.97. The van der Waals surface area contributed by atoms with Crippen molar-refractivity contribution < 1.29 is 0 Å². The van der Waals surface area contributed by atoms with Gasteiger partial charge in [0.25, 0.3) is 0 Å². The van der Waals surface area contributed by atoms with Crippen molar-refractivity contribution in [3.05, 3.63) is 6.92 Å². The van der Waals surface area contributed by atoms with E-state index in [1.54, 1.807) is 0 Å². The van der Waals surface area contributed by atoms with E-state index >= 15 is 0 Å². The van der Waals surface area contributed by atoms with Crippen molar-refractivity contribution in [2.45, 2.75) is 85.0 Å². The lowest BCUT2D eigenvalue weighted by molar-refractivity contribution is 0.325. The average Bonchev–Trinajstić information content (AvgIpc) is 2.20. The lowest BCUT2D eigenvalue weighted by atomic mass is 9.82. The van der Waals surface area contributed by atoms with Crippen LogP contribution in [0.1, 0.15) is 85.0 Å². The first-order chi connectivity index (χ1) is 7.12. The molecule has 0 aromatic heterocycles. The molecule has 0 saturated carbocycles. The van der Waals surface area contributed by atoms with Crippen LogP contribution in [-0.2, 0) is 0 Å². The summed E-state index contributed by atoms with van der Waals surface area (Å²) in [5, 5.41) is 0. The van der Waals surface area contributed by atoms with E-state index in [0.717, 1.165) is 0 Å². The van der Waals surface area contributed by atoms with E-state index in [-0.39, 0.29) is 0 Å². The van der Waals surface area contributed by atoms with Crippen molar-refractivity contribution in [1.82, 2.24) is 0 Å². The van der Waals surface area contributed by atoms with E-state index in [2.05, 4.69) is 27.7 Å². The minimum atomic E-state index is 0.349. The summed E-state index contributed by atoms with van der Waals surface area (Å²) in [6.45, 7) is 11.2. The molecule has 0 bridgehead atoms. The molecule has 0 heterocycles. The number of hydrogen-bond donors (Lipinski definition) is 0. The Kier molecular flexibility index (Phi) is 9.24. The first kappa shape index (κ1) is 15.0. The fourth-order valence-electron chi connectivity index (χ4n) is 2.08. The maximum absolute atomic E-state index is 4.37. The van der Waals surface area contributed by atoms with Gasteiger partial charge in [0, 0.05) is 0 Å². The largest absolute Gasteiger partial charge is 0.0654 e. The summed E-state index contributed by atoms with van der Waals surface area (Å²) >= 11 is 0. The molecule has 0 aromatic rings. The molecule has 0 aliphatic heterocycles. The molecule has 0 unspecified atom stereocenters. The molecule has 0 atom stereocenters. The molecule has 1 radical (unpaired) electrons. The van der Waals surface area contributed by atoms with Crippen LogP contribution in [0.2, 0.25) is 0 Å². The van der Waals surface area contributed by atoms with E-state index in [4.69, 9.17) is 0 Å². The molecule has 0 rings (SSSR count). The maximum atomic E-state index is 4.37. The summed E-state index contributed by atoms with van der Waals surface area (Å²) in [4.78, 5) is 0. The number of hydrogen-bond acceptors (Lipinski definition) is 0. The van der Waals surface area contributed by atoms with E-state index in [9.17, 15) is 0 Å². The van der Waals surface area contributed by atoms with E-state index in [1.807, 2.05) is 0 Å². The lowest BCUT2D eigenvalue weighted by Gasteiger charge is -2.24. The molecule has 0 aromatic carbocycles. The van der Waals surface area contributed by atoms with Gasteiger partial charge >= 0.3 is 0 Å². The van der Waals surface area contributed by atoms with E-state index in [1.165, 1.54) is 64.2 Å². The molecule has 0 saturated heterocycles.